The van der Waals surface area contributed by atoms with Crippen LogP contribution in [0.15, 0.2) is 48.5 Å². The number of nitrogens with two attached hydrogens (primary N) is 1. The van der Waals surface area contributed by atoms with E-state index in [0.29, 0.717) is 5.75 Å². The van der Waals surface area contributed by atoms with Crippen molar-refractivity contribution >= 4 is 11.4 Å². The molecule has 0 amide bonds. The fraction of sp³-hybridized carbons (Fsp3) is 0.294. The summed E-state index contributed by atoms with van der Waals surface area (Å²) < 4.78 is 0. The minimum atomic E-state index is 0.341. The lowest BCUT2D eigenvalue weighted by molar-refractivity contribution is 0.249. The molecule has 2 aromatic rings. The molecule has 0 bridgehead atoms. The SMILES string of the molecule is Nc1ccc(N2CCN(Cc3cccc(O)c3)CC2)cc1. The van der Waals surface area contributed by atoms with E-state index >= 15 is 0 Å². The molecule has 1 fully saturated rings. The van der Waals surface area contributed by atoms with Crippen LogP contribution in [-0.4, -0.2) is 36.2 Å². The van der Waals surface area contributed by atoms with Crippen molar-refractivity contribution in [3.8, 4) is 5.75 Å². The molecular weight excluding hydrogens is 262 g/mol. The maximum atomic E-state index is 9.52. The van der Waals surface area contributed by atoms with Crippen molar-refractivity contribution in [2.45, 2.75) is 6.54 Å². The fourth-order valence-electron chi connectivity index (χ4n) is 2.76. The summed E-state index contributed by atoms with van der Waals surface area (Å²) in [5.41, 5.74) is 8.94. The van der Waals surface area contributed by atoms with Crippen LogP contribution in [0.1, 0.15) is 5.56 Å². The van der Waals surface area contributed by atoms with E-state index < -0.39 is 0 Å². The van der Waals surface area contributed by atoms with Crippen molar-refractivity contribution in [3.05, 3.63) is 54.1 Å². The molecule has 3 rings (SSSR count). The van der Waals surface area contributed by atoms with Crippen LogP contribution in [0.2, 0.25) is 0 Å². The highest BCUT2D eigenvalue weighted by Gasteiger charge is 2.17. The van der Waals surface area contributed by atoms with Gasteiger partial charge in [-0.2, -0.15) is 0 Å². The quantitative estimate of drug-likeness (QED) is 0.849. The molecule has 4 nitrogen and oxygen atoms in total. The summed E-state index contributed by atoms with van der Waals surface area (Å²) in [6.07, 6.45) is 0. The maximum absolute atomic E-state index is 9.52. The van der Waals surface area contributed by atoms with E-state index in [1.807, 2.05) is 24.3 Å². The monoisotopic (exact) mass is 283 g/mol. The second-order valence-corrected chi connectivity index (χ2v) is 5.52. The Morgan fingerprint density at radius 2 is 1.67 bits per heavy atom. The first-order valence-corrected chi connectivity index (χ1v) is 7.31. The number of benzene rings is 2. The summed E-state index contributed by atoms with van der Waals surface area (Å²) in [5, 5.41) is 9.52. The molecule has 3 N–H and O–H groups in total. The van der Waals surface area contributed by atoms with E-state index in [4.69, 9.17) is 5.73 Å². The predicted octanol–water partition coefficient (Wildman–Crippen LogP) is 2.30. The van der Waals surface area contributed by atoms with Crippen molar-refractivity contribution in [1.29, 1.82) is 0 Å². The summed E-state index contributed by atoms with van der Waals surface area (Å²) in [6, 6.07) is 15.6. The summed E-state index contributed by atoms with van der Waals surface area (Å²) in [5.74, 6) is 0.341. The third-order valence-electron chi connectivity index (χ3n) is 3.95. The van der Waals surface area contributed by atoms with Gasteiger partial charge in [0.2, 0.25) is 0 Å². The van der Waals surface area contributed by atoms with Gasteiger partial charge in [0.15, 0.2) is 0 Å². The highest BCUT2D eigenvalue weighted by atomic mass is 16.3. The average molecular weight is 283 g/mol. The van der Waals surface area contributed by atoms with Crippen molar-refractivity contribution in [2.75, 3.05) is 36.8 Å². The van der Waals surface area contributed by atoms with Gasteiger partial charge in [-0.15, -0.1) is 0 Å². The topological polar surface area (TPSA) is 52.7 Å². The van der Waals surface area contributed by atoms with Crippen molar-refractivity contribution in [2.24, 2.45) is 0 Å². The Kier molecular flexibility index (Phi) is 3.97. The average Bonchev–Trinajstić information content (AvgIpc) is 2.49. The molecular formula is C17H21N3O. The standard InChI is InChI=1S/C17H21N3O/c18-15-4-6-16(7-5-15)20-10-8-19(9-11-20)13-14-2-1-3-17(21)12-14/h1-7,12,21H,8-11,13,18H2. The molecule has 4 heteroatoms. The zero-order valence-electron chi connectivity index (χ0n) is 12.1. The molecule has 21 heavy (non-hydrogen) atoms. The Morgan fingerprint density at radius 3 is 2.33 bits per heavy atom. The number of hydrogen-bond acceptors (Lipinski definition) is 4. The lowest BCUT2D eigenvalue weighted by Gasteiger charge is -2.36. The molecule has 0 saturated carbocycles. The first kappa shape index (κ1) is 13.8. The van der Waals surface area contributed by atoms with Gasteiger partial charge in [-0.05, 0) is 42.0 Å². The van der Waals surface area contributed by atoms with Gasteiger partial charge in [-0.3, -0.25) is 4.90 Å². The summed E-state index contributed by atoms with van der Waals surface area (Å²) in [4.78, 5) is 4.81. The largest absolute Gasteiger partial charge is 0.508 e. The van der Waals surface area contributed by atoms with Crippen molar-refractivity contribution in [3.63, 3.8) is 0 Å². The van der Waals surface area contributed by atoms with Crippen LogP contribution in [0, 0.1) is 0 Å². The van der Waals surface area contributed by atoms with E-state index in [1.165, 1.54) is 5.69 Å². The molecule has 0 atom stereocenters. The fourth-order valence-corrected chi connectivity index (χ4v) is 2.76. The van der Waals surface area contributed by atoms with E-state index in [-0.39, 0.29) is 0 Å². The molecule has 1 heterocycles. The van der Waals surface area contributed by atoms with Gasteiger partial charge in [0.05, 0.1) is 0 Å². The molecule has 0 aliphatic carbocycles. The normalized spacial score (nSPS) is 16.1. The van der Waals surface area contributed by atoms with E-state index in [2.05, 4.69) is 28.0 Å². The maximum Gasteiger partial charge on any atom is 0.115 e. The Bertz CT molecular complexity index is 589. The number of phenols is 1. The van der Waals surface area contributed by atoms with Crippen LogP contribution in [0.25, 0.3) is 0 Å². The molecule has 1 saturated heterocycles. The van der Waals surface area contributed by atoms with Crippen LogP contribution < -0.4 is 10.6 Å². The minimum absolute atomic E-state index is 0.341. The molecule has 0 aromatic heterocycles. The van der Waals surface area contributed by atoms with E-state index in [0.717, 1.165) is 44.0 Å². The first-order chi connectivity index (χ1) is 10.2. The molecule has 0 unspecified atom stereocenters. The summed E-state index contributed by atoms with van der Waals surface area (Å²) >= 11 is 0. The molecule has 0 spiro atoms. The van der Waals surface area contributed by atoms with Gasteiger partial charge >= 0.3 is 0 Å². The third kappa shape index (κ3) is 3.47. The van der Waals surface area contributed by atoms with Gasteiger partial charge in [0, 0.05) is 44.1 Å². The van der Waals surface area contributed by atoms with Crippen molar-refractivity contribution < 1.29 is 5.11 Å². The predicted molar refractivity (Wildman–Crippen MR) is 86.5 cm³/mol. The van der Waals surface area contributed by atoms with Crippen molar-refractivity contribution in [1.82, 2.24) is 4.90 Å². The van der Waals surface area contributed by atoms with Gasteiger partial charge in [0.25, 0.3) is 0 Å². The number of anilines is 2. The smallest absolute Gasteiger partial charge is 0.115 e. The number of nitrogens with zero attached hydrogens (tertiary/aromatic N) is 2. The molecule has 110 valence electrons. The summed E-state index contributed by atoms with van der Waals surface area (Å²) in [7, 11) is 0. The second kappa shape index (κ2) is 6.06. The van der Waals surface area contributed by atoms with Gasteiger partial charge in [-0.1, -0.05) is 12.1 Å². The number of hydrogen-bond donors (Lipinski definition) is 2. The van der Waals surface area contributed by atoms with Crippen LogP contribution in [0.5, 0.6) is 5.75 Å². The van der Waals surface area contributed by atoms with Crippen LogP contribution in [0.4, 0.5) is 11.4 Å². The van der Waals surface area contributed by atoms with Gasteiger partial charge in [0.1, 0.15) is 5.75 Å². The van der Waals surface area contributed by atoms with Crippen LogP contribution in [0.3, 0.4) is 0 Å². The number of nitrogen functional groups attached to an aromatic ring is 1. The van der Waals surface area contributed by atoms with E-state index in [1.54, 1.807) is 6.07 Å². The Balaban J connectivity index is 1.56. The lowest BCUT2D eigenvalue weighted by atomic mass is 10.1. The zero-order chi connectivity index (χ0) is 14.7. The Hall–Kier alpha value is -2.20. The van der Waals surface area contributed by atoms with E-state index in [9.17, 15) is 5.11 Å². The second-order valence-electron chi connectivity index (χ2n) is 5.52. The number of phenolic OH excluding ortho intramolecular Hbond substituents is 1. The van der Waals surface area contributed by atoms with Gasteiger partial charge < -0.3 is 15.7 Å². The lowest BCUT2D eigenvalue weighted by Crippen LogP contribution is -2.45. The highest BCUT2D eigenvalue weighted by molar-refractivity contribution is 5.53. The van der Waals surface area contributed by atoms with Crippen LogP contribution >= 0.6 is 0 Å². The number of aromatic hydroxyl groups is 1. The molecule has 1 aliphatic heterocycles. The molecule has 0 radical (unpaired) electrons. The molecule has 2 aromatic carbocycles. The number of piperazine rings is 1. The Labute approximate surface area is 125 Å². The highest BCUT2D eigenvalue weighted by Crippen LogP contribution is 2.19. The van der Waals surface area contributed by atoms with Gasteiger partial charge in [-0.25, -0.2) is 0 Å². The Morgan fingerprint density at radius 1 is 0.952 bits per heavy atom. The van der Waals surface area contributed by atoms with Crippen LogP contribution in [-0.2, 0) is 6.54 Å². The minimum Gasteiger partial charge on any atom is -0.508 e. The number of rotatable bonds is 3. The first-order valence-electron chi connectivity index (χ1n) is 7.31. The third-order valence-corrected chi connectivity index (χ3v) is 3.95. The molecule has 1 aliphatic rings. The summed E-state index contributed by atoms with van der Waals surface area (Å²) in [6.45, 7) is 4.98. The zero-order valence-corrected chi connectivity index (χ0v) is 12.1.